The predicted octanol–water partition coefficient (Wildman–Crippen LogP) is 4.62. The summed E-state index contributed by atoms with van der Waals surface area (Å²) in [5.41, 5.74) is 16.3. The van der Waals surface area contributed by atoms with E-state index < -0.39 is 28.7 Å². The molecule has 0 saturated carbocycles. The highest BCUT2D eigenvalue weighted by Gasteiger charge is 2.20. The van der Waals surface area contributed by atoms with Crippen LogP contribution in [0.1, 0.15) is 38.3 Å². The number of nitrogens with zero attached hydrogens (tertiary/aromatic N) is 6. The molecule has 0 saturated heterocycles. The number of primary amides is 1. The smallest absolute Gasteiger partial charge is 0.251 e. The van der Waals surface area contributed by atoms with Crippen molar-refractivity contribution in [3.05, 3.63) is 113 Å². The zero-order valence-corrected chi connectivity index (χ0v) is 22.6. The highest BCUT2D eigenvalue weighted by molar-refractivity contribution is 5.94. The maximum absolute atomic E-state index is 12.8. The Morgan fingerprint density at radius 3 is 2.51 bits per heavy atom. The van der Waals surface area contributed by atoms with Gasteiger partial charge in [0.1, 0.15) is 23.0 Å². The molecular formula is C31H24F2N8O2. The number of aryl methyl sites for hydroxylation is 2. The van der Waals surface area contributed by atoms with E-state index in [4.69, 9.17) is 21.4 Å². The molecule has 43 heavy (non-hydrogen) atoms. The second-order valence-electron chi connectivity index (χ2n) is 9.81. The van der Waals surface area contributed by atoms with Crippen LogP contribution in [0, 0.1) is 11.6 Å². The van der Waals surface area contributed by atoms with Crippen molar-refractivity contribution in [1.82, 2.24) is 29.3 Å². The van der Waals surface area contributed by atoms with E-state index in [2.05, 4.69) is 32.8 Å². The van der Waals surface area contributed by atoms with Gasteiger partial charge in [0, 0.05) is 30.3 Å². The molecule has 2 aromatic carbocycles. The molecule has 7 rings (SSSR count). The Morgan fingerprint density at radius 2 is 1.77 bits per heavy atom. The third-order valence-electron chi connectivity index (χ3n) is 7.13. The quantitative estimate of drug-likeness (QED) is 0.284. The molecule has 214 valence electrons. The van der Waals surface area contributed by atoms with Crippen LogP contribution in [0.15, 0.2) is 79.3 Å². The third-order valence-corrected chi connectivity index (χ3v) is 7.13. The van der Waals surface area contributed by atoms with E-state index >= 15 is 0 Å². The van der Waals surface area contributed by atoms with Gasteiger partial charge in [0.25, 0.3) is 5.91 Å². The highest BCUT2D eigenvalue weighted by Crippen LogP contribution is 2.32. The van der Waals surface area contributed by atoms with Crippen LogP contribution in [0.4, 0.5) is 14.6 Å². The number of hydrogen-bond donors (Lipinski definition) is 2. The normalized spacial score (nSPS) is 12.0. The standard InChI is InChI=1S/C23H19N7.C8H5F2NO2/c24-21-18(6-2-11-25-21)22-27-19-9-10-20(29-13-3-12-26-29)28-23(19)30(22)17-8-7-15-4-1-5-16(15)14-17;9-6-2-7(10)5(8(11)13)1-4(6)3-12/h2-3,6-14H,1,4-5H2,(H2,24,25);1-3H,(H2,11,13). The zero-order chi connectivity index (χ0) is 30.1. The lowest BCUT2D eigenvalue weighted by Crippen LogP contribution is -2.14. The van der Waals surface area contributed by atoms with Crippen molar-refractivity contribution in [2.45, 2.75) is 19.3 Å². The molecular weight excluding hydrogens is 554 g/mol. The van der Waals surface area contributed by atoms with Crippen molar-refractivity contribution < 1.29 is 18.4 Å². The molecule has 1 aliphatic rings. The first-order valence-electron chi connectivity index (χ1n) is 13.3. The first kappa shape index (κ1) is 27.4. The number of halogens is 2. The van der Waals surface area contributed by atoms with E-state index in [0.29, 0.717) is 11.9 Å². The Bertz CT molecular complexity index is 2000. The number of rotatable bonds is 5. The fourth-order valence-electron chi connectivity index (χ4n) is 5.05. The van der Waals surface area contributed by atoms with Gasteiger partial charge in [0.05, 0.1) is 16.7 Å². The molecule has 10 nitrogen and oxygen atoms in total. The lowest BCUT2D eigenvalue weighted by Gasteiger charge is -2.12. The Labute approximate surface area is 243 Å². The van der Waals surface area contributed by atoms with Crippen molar-refractivity contribution in [3.63, 3.8) is 0 Å². The van der Waals surface area contributed by atoms with E-state index in [9.17, 15) is 18.4 Å². The van der Waals surface area contributed by atoms with Gasteiger partial charge in [-0.2, -0.15) is 5.10 Å². The molecule has 0 fully saturated rings. The fourth-order valence-corrected chi connectivity index (χ4v) is 5.05. The monoisotopic (exact) mass is 578 g/mol. The van der Waals surface area contributed by atoms with Crippen molar-refractivity contribution in [3.8, 4) is 22.9 Å². The molecule has 4 aromatic heterocycles. The van der Waals surface area contributed by atoms with Crippen LogP contribution >= 0.6 is 0 Å². The maximum atomic E-state index is 12.8. The van der Waals surface area contributed by atoms with Gasteiger partial charge in [-0.1, -0.05) is 6.07 Å². The highest BCUT2D eigenvalue weighted by atomic mass is 19.1. The number of imidazole rings is 1. The van der Waals surface area contributed by atoms with Crippen LogP contribution in [0.25, 0.3) is 34.1 Å². The van der Waals surface area contributed by atoms with E-state index in [0.717, 1.165) is 53.0 Å². The van der Waals surface area contributed by atoms with Crippen LogP contribution in [0.2, 0.25) is 0 Å². The molecule has 6 aromatic rings. The molecule has 4 heterocycles. The lowest BCUT2D eigenvalue weighted by molar-refractivity contribution is 0.0996. The van der Waals surface area contributed by atoms with Gasteiger partial charge in [-0.05, 0) is 78.9 Å². The summed E-state index contributed by atoms with van der Waals surface area (Å²) in [4.78, 5) is 34.8. The Hall–Kier alpha value is -5.78. The number of benzene rings is 2. The minimum atomic E-state index is -1.07. The summed E-state index contributed by atoms with van der Waals surface area (Å²) in [6.45, 7) is 0. The number of carbonyl (C=O) groups is 2. The van der Waals surface area contributed by atoms with Crippen LogP contribution in [0.3, 0.4) is 0 Å². The number of fused-ring (bicyclic) bond motifs is 2. The molecule has 0 aliphatic heterocycles. The number of carbonyl (C=O) groups excluding carboxylic acids is 2. The Balaban J connectivity index is 0.000000214. The predicted molar refractivity (Wildman–Crippen MR) is 156 cm³/mol. The van der Waals surface area contributed by atoms with E-state index in [-0.39, 0.29) is 6.29 Å². The number of nitrogen functional groups attached to an aromatic ring is 1. The van der Waals surface area contributed by atoms with Gasteiger partial charge in [-0.3, -0.25) is 14.2 Å². The number of amides is 1. The van der Waals surface area contributed by atoms with E-state index in [1.54, 1.807) is 17.1 Å². The average Bonchev–Trinajstić information content (AvgIpc) is 3.77. The van der Waals surface area contributed by atoms with E-state index in [1.165, 1.54) is 17.5 Å². The van der Waals surface area contributed by atoms with Gasteiger partial charge in [-0.15, -0.1) is 0 Å². The first-order valence-corrected chi connectivity index (χ1v) is 13.3. The molecule has 0 spiro atoms. The summed E-state index contributed by atoms with van der Waals surface area (Å²) in [7, 11) is 0. The van der Waals surface area contributed by atoms with Crippen LogP contribution in [-0.4, -0.2) is 41.5 Å². The molecule has 4 N–H and O–H groups in total. The summed E-state index contributed by atoms with van der Waals surface area (Å²) in [6, 6.07) is 17.4. The van der Waals surface area contributed by atoms with Gasteiger partial charge < -0.3 is 11.5 Å². The maximum Gasteiger partial charge on any atom is 0.251 e. The van der Waals surface area contributed by atoms with Gasteiger partial charge in [0.15, 0.2) is 23.6 Å². The largest absolute Gasteiger partial charge is 0.383 e. The summed E-state index contributed by atoms with van der Waals surface area (Å²) < 4.78 is 29.3. The number of nitrogens with two attached hydrogens (primary N) is 2. The van der Waals surface area contributed by atoms with Gasteiger partial charge >= 0.3 is 0 Å². The minimum absolute atomic E-state index is 0.182. The molecule has 1 aliphatic carbocycles. The summed E-state index contributed by atoms with van der Waals surface area (Å²) in [6.07, 6.45) is 8.94. The van der Waals surface area contributed by atoms with Crippen LogP contribution in [-0.2, 0) is 12.8 Å². The molecule has 0 atom stereocenters. The second kappa shape index (κ2) is 11.2. The molecule has 0 bridgehead atoms. The van der Waals surface area contributed by atoms with Crippen molar-refractivity contribution in [2.24, 2.45) is 5.73 Å². The first-order chi connectivity index (χ1) is 20.8. The summed E-state index contributed by atoms with van der Waals surface area (Å²) in [5, 5.41) is 4.32. The van der Waals surface area contributed by atoms with Gasteiger partial charge in [-0.25, -0.2) is 28.4 Å². The molecule has 12 heteroatoms. The van der Waals surface area contributed by atoms with Crippen molar-refractivity contribution >= 4 is 29.2 Å². The van der Waals surface area contributed by atoms with E-state index in [1.807, 2.05) is 36.5 Å². The fraction of sp³-hybridized carbons (Fsp3) is 0.0968. The number of hydrogen-bond acceptors (Lipinski definition) is 7. The Morgan fingerprint density at radius 1 is 0.930 bits per heavy atom. The topological polar surface area (TPSA) is 148 Å². The van der Waals surface area contributed by atoms with Crippen LogP contribution in [0.5, 0.6) is 0 Å². The van der Waals surface area contributed by atoms with Crippen LogP contribution < -0.4 is 11.5 Å². The number of aromatic nitrogens is 6. The number of aldehydes is 1. The summed E-state index contributed by atoms with van der Waals surface area (Å²) >= 11 is 0. The van der Waals surface area contributed by atoms with Crippen molar-refractivity contribution in [1.29, 1.82) is 0 Å². The Kier molecular flexibility index (Phi) is 7.16. The molecule has 1 amide bonds. The summed E-state index contributed by atoms with van der Waals surface area (Å²) in [5.74, 6) is -1.21. The van der Waals surface area contributed by atoms with Gasteiger partial charge in [0.2, 0.25) is 0 Å². The number of anilines is 1. The van der Waals surface area contributed by atoms with Crippen molar-refractivity contribution in [2.75, 3.05) is 5.73 Å². The molecule has 0 radical (unpaired) electrons. The third kappa shape index (κ3) is 5.21. The molecule has 0 unspecified atom stereocenters. The minimum Gasteiger partial charge on any atom is -0.383 e. The average molecular weight is 579 g/mol. The lowest BCUT2D eigenvalue weighted by atomic mass is 10.1. The number of pyridine rings is 2. The zero-order valence-electron chi connectivity index (χ0n) is 22.6. The SMILES string of the molecule is NC(=O)c1cc(C=O)c(F)cc1F.Nc1ncccc1-c1nc2ccc(-n3cccn3)nc2n1-c1ccc2c(c1)CCC2. The second-order valence-corrected chi connectivity index (χ2v) is 9.81.